The Kier molecular flexibility index (Phi) is 7.37. The Morgan fingerprint density at radius 2 is 1.29 bits per heavy atom. The average molecular weight is 638 g/mol. The molecule has 4 nitrogen and oxygen atoms in total. The molecule has 6 heteroatoms. The third-order valence-electron chi connectivity index (χ3n) is 9.67. The average Bonchev–Trinajstić information content (AvgIpc) is 3.33. The van der Waals surface area contributed by atoms with Crippen LogP contribution in [-0.2, 0) is 22.7 Å². The number of fused-ring (bicyclic) bond motifs is 1. The number of allylic oxidation sites excluding steroid dienone is 4. The maximum absolute atomic E-state index is 14.4. The maximum atomic E-state index is 14.4. The largest absolute Gasteiger partial charge is 0.343 e. The van der Waals surface area contributed by atoms with Crippen LogP contribution in [0.2, 0.25) is 10.0 Å². The van der Waals surface area contributed by atoms with Gasteiger partial charge in [0.15, 0.2) is 11.6 Å². The molecule has 0 atom stereocenters. The van der Waals surface area contributed by atoms with E-state index in [-0.39, 0.29) is 22.4 Å². The highest BCUT2D eigenvalue weighted by Gasteiger charge is 2.49. The predicted molar refractivity (Wildman–Crippen MR) is 182 cm³/mol. The van der Waals surface area contributed by atoms with Gasteiger partial charge in [-0.15, -0.1) is 0 Å². The van der Waals surface area contributed by atoms with Crippen molar-refractivity contribution in [2.75, 3.05) is 0 Å². The first-order valence-corrected chi connectivity index (χ1v) is 16.5. The molecule has 7 rings (SSSR count). The number of ketones is 2. The van der Waals surface area contributed by atoms with Gasteiger partial charge >= 0.3 is 0 Å². The third kappa shape index (κ3) is 5.47. The zero-order chi connectivity index (χ0) is 31.7. The Labute approximate surface area is 275 Å². The summed E-state index contributed by atoms with van der Waals surface area (Å²) in [7, 11) is 0. The fourth-order valence-corrected chi connectivity index (χ4v) is 8.11. The van der Waals surface area contributed by atoms with Crippen LogP contribution in [0.25, 0.3) is 10.9 Å². The second-order valence-corrected chi connectivity index (χ2v) is 15.4. The highest BCUT2D eigenvalue weighted by Crippen LogP contribution is 2.55. The number of para-hydroxylation sites is 1. The number of hydrogen-bond acceptors (Lipinski definition) is 3. The topological polar surface area (TPSA) is 42.3 Å². The number of carbonyl (C=O) groups is 2. The third-order valence-corrected chi connectivity index (χ3v) is 10.4. The molecule has 0 amide bonds. The lowest BCUT2D eigenvalue weighted by Crippen LogP contribution is -2.44. The Bertz CT molecular complexity index is 1870. The van der Waals surface area contributed by atoms with E-state index in [1.807, 2.05) is 36.4 Å². The SMILES string of the molecule is CC1(C)CC(=O)C2=C(C1)N(Cc1ccccc1)C1=C(C(=O)CC(C)(C)C1)C2c1cn(Cc2ccc(Cl)c(Cl)c2)c2ccccc12. The minimum absolute atomic E-state index is 0.148. The fraction of sp³-hybridized carbons (Fsp3) is 0.333. The number of carbonyl (C=O) groups excluding carboxylic acids is 2. The highest BCUT2D eigenvalue weighted by molar-refractivity contribution is 6.42. The second kappa shape index (κ2) is 11.0. The first kappa shape index (κ1) is 30.1. The van der Waals surface area contributed by atoms with Crippen molar-refractivity contribution in [2.24, 2.45) is 10.8 Å². The Hall–Kier alpha value is -3.60. The quantitative estimate of drug-likeness (QED) is 0.219. The lowest BCUT2D eigenvalue weighted by Gasteiger charge is -2.49. The molecule has 1 aliphatic heterocycles. The van der Waals surface area contributed by atoms with E-state index in [0.29, 0.717) is 36.0 Å². The Balaban J connectivity index is 1.46. The van der Waals surface area contributed by atoms with Crippen molar-refractivity contribution in [1.82, 2.24) is 9.47 Å². The van der Waals surface area contributed by atoms with E-state index in [9.17, 15) is 9.59 Å². The highest BCUT2D eigenvalue weighted by atomic mass is 35.5. The summed E-state index contributed by atoms with van der Waals surface area (Å²) >= 11 is 12.6. The normalized spacial score (nSPS) is 19.7. The van der Waals surface area contributed by atoms with E-state index in [2.05, 4.69) is 79.8 Å². The molecule has 230 valence electrons. The first-order valence-electron chi connectivity index (χ1n) is 15.8. The van der Waals surface area contributed by atoms with Crippen LogP contribution in [0.15, 0.2) is 102 Å². The number of Topliss-reactive ketones (excluding diaryl/α,β-unsaturated/α-hetero) is 2. The van der Waals surface area contributed by atoms with Crippen LogP contribution in [0.4, 0.5) is 0 Å². The molecule has 0 bridgehead atoms. The van der Waals surface area contributed by atoms with Gasteiger partial charge in [-0.3, -0.25) is 9.59 Å². The molecule has 3 aliphatic rings. The van der Waals surface area contributed by atoms with Gasteiger partial charge in [0.05, 0.1) is 10.0 Å². The number of benzene rings is 3. The monoisotopic (exact) mass is 636 g/mol. The van der Waals surface area contributed by atoms with Gasteiger partial charge in [0.1, 0.15) is 0 Å². The molecular weight excluding hydrogens is 599 g/mol. The number of nitrogens with zero attached hydrogens (tertiary/aromatic N) is 2. The van der Waals surface area contributed by atoms with E-state index >= 15 is 0 Å². The number of aromatic nitrogens is 1. The van der Waals surface area contributed by atoms with Crippen molar-refractivity contribution < 1.29 is 9.59 Å². The zero-order valence-electron chi connectivity index (χ0n) is 26.3. The summed E-state index contributed by atoms with van der Waals surface area (Å²) in [4.78, 5) is 31.1. The second-order valence-electron chi connectivity index (χ2n) is 14.6. The summed E-state index contributed by atoms with van der Waals surface area (Å²) < 4.78 is 2.22. The Morgan fingerprint density at radius 3 is 1.91 bits per heavy atom. The molecule has 2 aliphatic carbocycles. The molecule has 0 spiro atoms. The summed E-state index contributed by atoms with van der Waals surface area (Å²) in [6.07, 6.45) is 4.66. The summed E-state index contributed by atoms with van der Waals surface area (Å²) in [5.74, 6) is -0.112. The van der Waals surface area contributed by atoms with Crippen molar-refractivity contribution in [3.63, 3.8) is 0 Å². The van der Waals surface area contributed by atoms with Gasteiger partial charge in [-0.2, -0.15) is 0 Å². The molecule has 0 saturated heterocycles. The molecule has 1 aromatic heterocycles. The van der Waals surface area contributed by atoms with Crippen LogP contribution in [-0.4, -0.2) is 21.0 Å². The standard InChI is InChI=1S/C39H38Cl2N2O2/c1-38(2)17-31-36(33(44)19-38)35(37-32(18-39(3,4)20-34(37)45)43(31)22-24-10-6-5-7-11-24)27-23-42(30-13-9-8-12-26(27)30)21-25-14-15-28(40)29(41)16-25/h5-16,23,35H,17-22H2,1-4H3. The number of halogens is 2. The zero-order valence-corrected chi connectivity index (χ0v) is 27.8. The lowest BCUT2D eigenvalue weighted by molar-refractivity contribution is -0.119. The predicted octanol–water partition coefficient (Wildman–Crippen LogP) is 9.88. The van der Waals surface area contributed by atoms with Crippen LogP contribution in [0.5, 0.6) is 0 Å². The first-order chi connectivity index (χ1) is 21.4. The van der Waals surface area contributed by atoms with Crippen molar-refractivity contribution in [3.05, 3.63) is 128 Å². The molecule has 45 heavy (non-hydrogen) atoms. The summed E-state index contributed by atoms with van der Waals surface area (Å²) in [5, 5.41) is 2.11. The minimum atomic E-state index is -0.408. The molecule has 3 aromatic carbocycles. The van der Waals surface area contributed by atoms with Gasteiger partial charge in [0.25, 0.3) is 0 Å². The molecule has 0 radical (unpaired) electrons. The van der Waals surface area contributed by atoms with Crippen molar-refractivity contribution >= 4 is 45.7 Å². The van der Waals surface area contributed by atoms with Crippen molar-refractivity contribution in [3.8, 4) is 0 Å². The van der Waals surface area contributed by atoms with Crippen LogP contribution in [0, 0.1) is 10.8 Å². The van der Waals surface area contributed by atoms with Crippen LogP contribution in [0.3, 0.4) is 0 Å². The van der Waals surface area contributed by atoms with Crippen LogP contribution < -0.4 is 0 Å². The van der Waals surface area contributed by atoms with Gasteiger partial charge in [0.2, 0.25) is 0 Å². The van der Waals surface area contributed by atoms with E-state index in [0.717, 1.165) is 57.4 Å². The van der Waals surface area contributed by atoms with Gasteiger partial charge in [0, 0.05) is 71.5 Å². The van der Waals surface area contributed by atoms with Crippen LogP contribution >= 0.6 is 23.2 Å². The van der Waals surface area contributed by atoms with Crippen LogP contribution in [0.1, 0.15) is 76.0 Å². The molecule has 0 saturated carbocycles. The molecule has 4 aromatic rings. The van der Waals surface area contributed by atoms with E-state index in [4.69, 9.17) is 23.2 Å². The summed E-state index contributed by atoms with van der Waals surface area (Å²) in [6, 6.07) is 24.5. The number of hydrogen-bond donors (Lipinski definition) is 0. The minimum Gasteiger partial charge on any atom is -0.343 e. The lowest BCUT2D eigenvalue weighted by atomic mass is 9.63. The Morgan fingerprint density at radius 1 is 0.689 bits per heavy atom. The van der Waals surface area contributed by atoms with E-state index in [1.54, 1.807) is 0 Å². The summed E-state index contributed by atoms with van der Waals surface area (Å²) in [6.45, 7) is 9.97. The van der Waals surface area contributed by atoms with Gasteiger partial charge in [-0.05, 0) is 58.6 Å². The molecular formula is C39H38Cl2N2O2. The van der Waals surface area contributed by atoms with Crippen molar-refractivity contribution in [2.45, 2.75) is 72.4 Å². The molecule has 0 fully saturated rings. The van der Waals surface area contributed by atoms with E-state index < -0.39 is 5.92 Å². The molecule has 0 N–H and O–H groups in total. The molecule has 2 heterocycles. The molecule has 0 unspecified atom stereocenters. The smallest absolute Gasteiger partial charge is 0.162 e. The van der Waals surface area contributed by atoms with Crippen molar-refractivity contribution in [1.29, 1.82) is 0 Å². The van der Waals surface area contributed by atoms with Gasteiger partial charge in [-0.25, -0.2) is 0 Å². The van der Waals surface area contributed by atoms with Gasteiger partial charge < -0.3 is 9.47 Å². The number of rotatable bonds is 5. The summed E-state index contributed by atoms with van der Waals surface area (Å²) in [5.41, 5.74) is 7.68. The fourth-order valence-electron chi connectivity index (χ4n) is 7.79. The van der Waals surface area contributed by atoms with Gasteiger partial charge in [-0.1, -0.05) is 105 Å². The maximum Gasteiger partial charge on any atom is 0.162 e. The van der Waals surface area contributed by atoms with E-state index in [1.165, 1.54) is 5.56 Å².